The van der Waals surface area contributed by atoms with E-state index in [1.54, 1.807) is 6.20 Å². The highest BCUT2D eigenvalue weighted by Gasteiger charge is 2.05. The Morgan fingerprint density at radius 2 is 1.70 bits per heavy atom. The van der Waals surface area contributed by atoms with E-state index in [2.05, 4.69) is 12.1 Å². The van der Waals surface area contributed by atoms with E-state index in [-0.39, 0.29) is 5.06 Å². The fourth-order valence-electron chi connectivity index (χ4n) is 2.04. The van der Waals surface area contributed by atoms with Crippen LogP contribution in [0, 0.1) is 5.21 Å². The highest BCUT2D eigenvalue weighted by Crippen LogP contribution is 2.04. The van der Waals surface area contributed by atoms with E-state index in [9.17, 15) is 5.21 Å². The first-order valence-electron chi connectivity index (χ1n) is 6.84. The van der Waals surface area contributed by atoms with Gasteiger partial charge in [-0.1, -0.05) is 30.3 Å². The van der Waals surface area contributed by atoms with Crippen molar-refractivity contribution in [3.05, 3.63) is 77.2 Å². The second-order valence-corrected chi connectivity index (χ2v) is 5.08. The average molecular weight is 269 g/mol. The van der Waals surface area contributed by atoms with Crippen molar-refractivity contribution < 1.29 is 9.64 Å². The van der Waals surface area contributed by atoms with Crippen molar-refractivity contribution in [1.82, 2.24) is 0 Å². The first kappa shape index (κ1) is 14.4. The molecule has 0 amide bonds. The molecular weight excluding hydrogens is 248 g/mol. The van der Waals surface area contributed by atoms with Crippen LogP contribution in [0.5, 0.6) is 0 Å². The van der Waals surface area contributed by atoms with E-state index in [0.29, 0.717) is 6.54 Å². The molecule has 2 rings (SSSR count). The largest absolute Gasteiger partial charge is 0.629 e. The van der Waals surface area contributed by atoms with E-state index in [1.165, 1.54) is 5.56 Å². The van der Waals surface area contributed by atoms with Crippen LogP contribution in [0.25, 0.3) is 0 Å². The van der Waals surface area contributed by atoms with Gasteiger partial charge >= 0.3 is 0 Å². The highest BCUT2D eigenvalue weighted by molar-refractivity contribution is 6.02. The molecule has 0 radical (unpaired) electrons. The van der Waals surface area contributed by atoms with Crippen LogP contribution in [0.3, 0.4) is 0 Å². The van der Waals surface area contributed by atoms with Crippen LogP contribution in [0.4, 0.5) is 0 Å². The molecule has 0 saturated carbocycles. The summed E-state index contributed by atoms with van der Waals surface area (Å²) in [5, 5.41) is 12.1. The van der Waals surface area contributed by atoms with E-state index in [1.807, 2.05) is 61.2 Å². The number of allylic oxidation sites excluding steroid dienone is 5. The fourth-order valence-corrected chi connectivity index (χ4v) is 2.04. The van der Waals surface area contributed by atoms with Gasteiger partial charge < -0.3 is 10.3 Å². The quantitative estimate of drug-likeness (QED) is 0.649. The normalized spacial score (nSPS) is 15.3. The van der Waals surface area contributed by atoms with Crippen molar-refractivity contribution in [3.63, 3.8) is 0 Å². The van der Waals surface area contributed by atoms with Crippen LogP contribution >= 0.6 is 0 Å². The Balaban J connectivity index is 1.90. The lowest BCUT2D eigenvalue weighted by molar-refractivity contribution is -0.791. The molecule has 20 heavy (non-hydrogen) atoms. The third-order valence-corrected chi connectivity index (χ3v) is 3.24. The summed E-state index contributed by atoms with van der Waals surface area (Å²) in [6, 6.07) is 10.1. The maximum atomic E-state index is 11.9. The Labute approximate surface area is 120 Å². The number of nitrogens with zero attached hydrogens (tertiary/aromatic N) is 1. The number of quaternary nitrogens is 1. The molecule has 0 aliphatic heterocycles. The summed E-state index contributed by atoms with van der Waals surface area (Å²) in [6.45, 7) is 0.555. The number of rotatable bonds is 4. The van der Waals surface area contributed by atoms with Crippen molar-refractivity contribution in [1.29, 1.82) is 0 Å². The van der Waals surface area contributed by atoms with Crippen LogP contribution < -0.4 is 5.06 Å². The summed E-state index contributed by atoms with van der Waals surface area (Å²) < 4.78 is 2.04. The second-order valence-electron chi connectivity index (χ2n) is 5.08. The molecule has 0 spiro atoms. The van der Waals surface area contributed by atoms with Crippen LogP contribution in [0.2, 0.25) is 0 Å². The van der Waals surface area contributed by atoms with Gasteiger partial charge in [0.2, 0.25) is 0 Å². The minimum atomic E-state index is 0.173. The third-order valence-electron chi connectivity index (χ3n) is 3.24. The molecule has 1 N–H and O–H groups in total. The van der Waals surface area contributed by atoms with Crippen LogP contribution in [0.15, 0.2) is 66.4 Å². The summed E-state index contributed by atoms with van der Waals surface area (Å²) in [5.41, 5.74) is 3.31. The Hall–Kier alpha value is -1.97. The topological polar surface area (TPSA) is 30.5 Å². The molecule has 3 heteroatoms. The molecule has 1 aliphatic rings. The van der Waals surface area contributed by atoms with Crippen molar-refractivity contribution >= 4 is 5.71 Å². The van der Waals surface area contributed by atoms with Gasteiger partial charge in [-0.3, -0.25) is 0 Å². The lowest BCUT2D eigenvalue weighted by Crippen LogP contribution is -3.02. The summed E-state index contributed by atoms with van der Waals surface area (Å²) in [7, 11) is 4.01. The van der Waals surface area contributed by atoms with Crippen molar-refractivity contribution in [2.45, 2.75) is 6.42 Å². The zero-order chi connectivity index (χ0) is 14.4. The molecule has 1 aromatic carbocycles. The summed E-state index contributed by atoms with van der Waals surface area (Å²) >= 11 is 0. The monoisotopic (exact) mass is 269 g/mol. The molecule has 104 valence electrons. The fraction of sp³-hybridized carbons (Fsp3) is 0.235. The molecule has 0 heterocycles. The molecule has 0 saturated heterocycles. The van der Waals surface area contributed by atoms with Gasteiger partial charge in [0.15, 0.2) is 5.71 Å². The SMILES string of the molecule is C[N+](C)=C1C=CC(=C[NH+]([O-])CCc2ccccc2)C=C1. The summed E-state index contributed by atoms with van der Waals surface area (Å²) in [6.07, 6.45) is 10.5. The number of hydrogen-bond acceptors (Lipinski definition) is 1. The first-order valence-corrected chi connectivity index (χ1v) is 6.84. The van der Waals surface area contributed by atoms with E-state index >= 15 is 0 Å². The van der Waals surface area contributed by atoms with Gasteiger partial charge in [0.25, 0.3) is 0 Å². The van der Waals surface area contributed by atoms with Gasteiger partial charge in [0, 0.05) is 24.1 Å². The summed E-state index contributed by atoms with van der Waals surface area (Å²) in [4.78, 5) is 0. The second kappa shape index (κ2) is 6.98. The van der Waals surface area contributed by atoms with Gasteiger partial charge in [-0.25, -0.2) is 4.58 Å². The Morgan fingerprint density at radius 3 is 2.30 bits per heavy atom. The van der Waals surface area contributed by atoms with Crippen molar-refractivity contribution in [2.75, 3.05) is 20.6 Å². The molecule has 1 aromatic rings. The molecule has 1 atom stereocenters. The van der Waals surface area contributed by atoms with Crippen LogP contribution in [0.1, 0.15) is 5.56 Å². The predicted octanol–water partition coefficient (Wildman–Crippen LogP) is 1.33. The molecule has 1 unspecified atom stereocenters. The lowest BCUT2D eigenvalue weighted by Gasteiger charge is -2.18. The van der Waals surface area contributed by atoms with Gasteiger partial charge in [0.1, 0.15) is 20.3 Å². The third kappa shape index (κ3) is 4.30. The van der Waals surface area contributed by atoms with Crippen molar-refractivity contribution in [2.24, 2.45) is 0 Å². The summed E-state index contributed by atoms with van der Waals surface area (Å²) in [5.74, 6) is 0. The van der Waals surface area contributed by atoms with Crippen LogP contribution in [-0.2, 0) is 6.42 Å². The van der Waals surface area contributed by atoms with Crippen LogP contribution in [-0.4, -0.2) is 30.9 Å². The van der Waals surface area contributed by atoms with Crippen molar-refractivity contribution in [3.8, 4) is 0 Å². The number of hydroxylamine groups is 2. The standard InChI is InChI=1S/C17H21N2O/c1-18(2)17-10-8-16(9-11-17)14-19(20)13-12-15-6-4-3-5-7-15/h3-11,14,19H,12-13H2,1-2H3/q+1. The predicted molar refractivity (Wildman–Crippen MR) is 82.8 cm³/mol. The average Bonchev–Trinajstić information content (AvgIpc) is 2.47. The Bertz CT molecular complexity index is 546. The molecule has 0 aromatic heterocycles. The Morgan fingerprint density at radius 1 is 1.05 bits per heavy atom. The van der Waals surface area contributed by atoms with E-state index < -0.39 is 0 Å². The molecule has 3 nitrogen and oxygen atoms in total. The smallest absolute Gasteiger partial charge is 0.199 e. The zero-order valence-electron chi connectivity index (χ0n) is 12.0. The maximum Gasteiger partial charge on any atom is 0.199 e. The van der Waals surface area contributed by atoms with E-state index in [0.717, 1.165) is 17.7 Å². The number of hydrogen-bond donors (Lipinski definition) is 1. The highest BCUT2D eigenvalue weighted by atomic mass is 16.5. The lowest BCUT2D eigenvalue weighted by atomic mass is 10.1. The molecule has 0 bridgehead atoms. The molecule has 0 fully saturated rings. The minimum Gasteiger partial charge on any atom is -0.629 e. The minimum absolute atomic E-state index is 0.173. The van der Waals surface area contributed by atoms with Gasteiger partial charge in [0.05, 0.1) is 6.54 Å². The Kier molecular flexibility index (Phi) is 5.04. The molecular formula is C17H21N2O+. The number of benzene rings is 1. The van der Waals surface area contributed by atoms with Gasteiger partial charge in [-0.2, -0.15) is 0 Å². The van der Waals surface area contributed by atoms with E-state index in [4.69, 9.17) is 0 Å². The zero-order valence-corrected chi connectivity index (χ0v) is 12.0. The number of nitrogens with one attached hydrogen (secondary N) is 1. The first-order chi connectivity index (χ1) is 9.65. The molecule has 1 aliphatic carbocycles. The maximum absolute atomic E-state index is 11.9. The van der Waals surface area contributed by atoms with Gasteiger partial charge in [-0.05, 0) is 17.7 Å². The van der Waals surface area contributed by atoms with Gasteiger partial charge in [-0.15, -0.1) is 0 Å².